The molecule has 3 heteroatoms. The highest BCUT2D eigenvalue weighted by molar-refractivity contribution is 6.30. The van der Waals surface area contributed by atoms with E-state index in [4.69, 9.17) is 17.3 Å². The lowest BCUT2D eigenvalue weighted by Gasteiger charge is -2.28. The second-order valence-corrected chi connectivity index (χ2v) is 5.21. The Balaban J connectivity index is 2.28. The molecule has 0 fully saturated rings. The zero-order chi connectivity index (χ0) is 13.0. The Morgan fingerprint density at radius 3 is 2.44 bits per heavy atom. The van der Waals surface area contributed by atoms with Crippen molar-refractivity contribution in [3.63, 3.8) is 0 Å². The lowest BCUT2D eigenvalue weighted by Crippen LogP contribution is -2.34. The van der Waals surface area contributed by atoms with E-state index >= 15 is 0 Å². The Kier molecular flexibility index (Phi) is 4.00. The number of nitrogens with zero attached hydrogens (tertiary/aromatic N) is 1. The molecule has 0 amide bonds. The Bertz CT molecular complexity index is 496. The molecule has 1 aromatic heterocycles. The van der Waals surface area contributed by atoms with Crippen LogP contribution in [-0.4, -0.2) is 11.5 Å². The number of hydrogen-bond donors (Lipinski definition) is 1. The van der Waals surface area contributed by atoms with Crippen molar-refractivity contribution < 1.29 is 0 Å². The summed E-state index contributed by atoms with van der Waals surface area (Å²) in [6.07, 6.45) is 2.64. The highest BCUT2D eigenvalue weighted by Gasteiger charge is 2.25. The number of hydrogen-bond acceptors (Lipinski definition) is 2. The first-order valence-electron chi connectivity index (χ1n) is 6.00. The van der Waals surface area contributed by atoms with E-state index in [1.807, 2.05) is 48.7 Å². The van der Waals surface area contributed by atoms with Crippen LogP contribution in [0, 0.1) is 0 Å². The van der Waals surface area contributed by atoms with Gasteiger partial charge in [0.15, 0.2) is 0 Å². The minimum Gasteiger partial charge on any atom is -0.330 e. The standard InChI is InChI=1S/C15H17ClN2/c1-15(11-17,10-14-4-2-3-9-18-14)12-5-7-13(16)8-6-12/h2-9H,10-11,17H2,1H3. The Morgan fingerprint density at radius 1 is 1.17 bits per heavy atom. The molecule has 1 unspecified atom stereocenters. The highest BCUT2D eigenvalue weighted by atomic mass is 35.5. The van der Waals surface area contributed by atoms with Crippen LogP contribution < -0.4 is 5.73 Å². The summed E-state index contributed by atoms with van der Waals surface area (Å²) in [6, 6.07) is 13.8. The van der Waals surface area contributed by atoms with Crippen LogP contribution in [0.2, 0.25) is 5.02 Å². The smallest absolute Gasteiger partial charge is 0.0412 e. The van der Waals surface area contributed by atoms with Crippen LogP contribution in [0.1, 0.15) is 18.2 Å². The summed E-state index contributed by atoms with van der Waals surface area (Å²) in [6.45, 7) is 2.73. The lowest BCUT2D eigenvalue weighted by molar-refractivity contribution is 0.475. The molecule has 2 aromatic rings. The van der Waals surface area contributed by atoms with E-state index in [1.165, 1.54) is 5.56 Å². The monoisotopic (exact) mass is 260 g/mol. The van der Waals surface area contributed by atoms with Crippen molar-refractivity contribution in [3.8, 4) is 0 Å². The predicted octanol–water partition coefficient (Wildman–Crippen LogP) is 3.19. The second-order valence-electron chi connectivity index (χ2n) is 4.77. The SMILES string of the molecule is CC(CN)(Cc1ccccn1)c1ccc(Cl)cc1. The van der Waals surface area contributed by atoms with Crippen LogP contribution in [-0.2, 0) is 11.8 Å². The van der Waals surface area contributed by atoms with E-state index in [2.05, 4.69) is 11.9 Å². The zero-order valence-electron chi connectivity index (χ0n) is 10.4. The summed E-state index contributed by atoms with van der Waals surface area (Å²) >= 11 is 5.92. The van der Waals surface area contributed by atoms with E-state index in [9.17, 15) is 0 Å². The molecule has 94 valence electrons. The van der Waals surface area contributed by atoms with Crippen molar-refractivity contribution in [1.29, 1.82) is 0 Å². The summed E-state index contributed by atoms with van der Waals surface area (Å²) < 4.78 is 0. The fourth-order valence-electron chi connectivity index (χ4n) is 2.05. The van der Waals surface area contributed by atoms with Gasteiger partial charge in [-0.25, -0.2) is 0 Å². The normalized spacial score (nSPS) is 14.2. The summed E-state index contributed by atoms with van der Waals surface area (Å²) in [4.78, 5) is 4.37. The first-order chi connectivity index (χ1) is 8.64. The highest BCUT2D eigenvalue weighted by Crippen LogP contribution is 2.27. The average molecular weight is 261 g/mol. The Morgan fingerprint density at radius 2 is 1.89 bits per heavy atom. The molecule has 1 aromatic carbocycles. The average Bonchev–Trinajstić information content (AvgIpc) is 2.40. The van der Waals surface area contributed by atoms with Gasteiger partial charge in [0.1, 0.15) is 0 Å². The van der Waals surface area contributed by atoms with E-state index < -0.39 is 0 Å². The van der Waals surface area contributed by atoms with Crippen molar-refractivity contribution >= 4 is 11.6 Å². The van der Waals surface area contributed by atoms with Gasteiger partial charge < -0.3 is 5.73 Å². The van der Waals surface area contributed by atoms with Gasteiger partial charge in [0, 0.05) is 35.3 Å². The zero-order valence-corrected chi connectivity index (χ0v) is 11.2. The largest absolute Gasteiger partial charge is 0.330 e. The molecule has 1 atom stereocenters. The van der Waals surface area contributed by atoms with Crippen molar-refractivity contribution in [2.45, 2.75) is 18.8 Å². The Labute approximate surface area is 113 Å². The molecule has 0 spiro atoms. The van der Waals surface area contributed by atoms with Crippen LogP contribution in [0.3, 0.4) is 0 Å². The fraction of sp³-hybridized carbons (Fsp3) is 0.267. The van der Waals surface area contributed by atoms with Gasteiger partial charge in [-0.3, -0.25) is 4.98 Å². The molecule has 1 heterocycles. The molecule has 0 aliphatic carbocycles. The minimum absolute atomic E-state index is 0.112. The van der Waals surface area contributed by atoms with Crippen LogP contribution >= 0.6 is 11.6 Å². The molecule has 2 nitrogen and oxygen atoms in total. The predicted molar refractivity (Wildman–Crippen MR) is 75.8 cm³/mol. The van der Waals surface area contributed by atoms with Gasteiger partial charge >= 0.3 is 0 Å². The number of benzene rings is 1. The van der Waals surface area contributed by atoms with Gasteiger partial charge in [0.05, 0.1) is 0 Å². The van der Waals surface area contributed by atoms with E-state index in [1.54, 1.807) is 0 Å². The van der Waals surface area contributed by atoms with Crippen molar-refractivity contribution in [1.82, 2.24) is 4.98 Å². The third-order valence-corrected chi connectivity index (χ3v) is 3.54. The van der Waals surface area contributed by atoms with Crippen LogP contribution in [0.15, 0.2) is 48.7 Å². The third kappa shape index (κ3) is 2.89. The van der Waals surface area contributed by atoms with Crippen molar-refractivity contribution in [2.75, 3.05) is 6.54 Å². The molecular weight excluding hydrogens is 244 g/mol. The molecule has 18 heavy (non-hydrogen) atoms. The Hall–Kier alpha value is -1.38. The molecule has 2 N–H and O–H groups in total. The van der Waals surface area contributed by atoms with Gasteiger partial charge in [-0.05, 0) is 29.8 Å². The summed E-state index contributed by atoms with van der Waals surface area (Å²) in [5.41, 5.74) is 8.10. The van der Waals surface area contributed by atoms with E-state index in [0.717, 1.165) is 17.1 Å². The van der Waals surface area contributed by atoms with Crippen LogP contribution in [0.4, 0.5) is 0 Å². The number of aromatic nitrogens is 1. The summed E-state index contributed by atoms with van der Waals surface area (Å²) in [5.74, 6) is 0. The number of pyridine rings is 1. The van der Waals surface area contributed by atoms with Gasteiger partial charge in [0.2, 0.25) is 0 Å². The molecule has 2 rings (SSSR count). The van der Waals surface area contributed by atoms with E-state index in [0.29, 0.717) is 6.54 Å². The second kappa shape index (κ2) is 5.51. The molecule has 0 bridgehead atoms. The molecule has 0 radical (unpaired) electrons. The number of nitrogens with two attached hydrogens (primary N) is 1. The minimum atomic E-state index is -0.112. The summed E-state index contributed by atoms with van der Waals surface area (Å²) in [5, 5.41) is 0.746. The first-order valence-corrected chi connectivity index (χ1v) is 6.38. The maximum absolute atomic E-state index is 5.96. The molecule has 0 saturated heterocycles. The molecule has 0 aliphatic rings. The lowest BCUT2D eigenvalue weighted by atomic mass is 9.78. The maximum atomic E-state index is 5.96. The van der Waals surface area contributed by atoms with Gasteiger partial charge in [-0.1, -0.05) is 36.7 Å². The van der Waals surface area contributed by atoms with Crippen molar-refractivity contribution in [3.05, 3.63) is 64.9 Å². The molecule has 0 saturated carbocycles. The van der Waals surface area contributed by atoms with Gasteiger partial charge in [-0.2, -0.15) is 0 Å². The van der Waals surface area contributed by atoms with Crippen molar-refractivity contribution in [2.24, 2.45) is 5.73 Å². The number of rotatable bonds is 4. The van der Waals surface area contributed by atoms with Crippen LogP contribution in [0.5, 0.6) is 0 Å². The topological polar surface area (TPSA) is 38.9 Å². The summed E-state index contributed by atoms with van der Waals surface area (Å²) in [7, 11) is 0. The van der Waals surface area contributed by atoms with Crippen LogP contribution in [0.25, 0.3) is 0 Å². The first kappa shape index (κ1) is 13.1. The van der Waals surface area contributed by atoms with Gasteiger partial charge in [0.25, 0.3) is 0 Å². The third-order valence-electron chi connectivity index (χ3n) is 3.29. The maximum Gasteiger partial charge on any atom is 0.0412 e. The van der Waals surface area contributed by atoms with Gasteiger partial charge in [-0.15, -0.1) is 0 Å². The fourth-order valence-corrected chi connectivity index (χ4v) is 2.17. The quantitative estimate of drug-likeness (QED) is 0.917. The molecule has 0 aliphatic heterocycles. The molecular formula is C15H17ClN2. The number of halogens is 1. The van der Waals surface area contributed by atoms with E-state index in [-0.39, 0.29) is 5.41 Å².